The van der Waals surface area contributed by atoms with Crippen molar-refractivity contribution in [3.05, 3.63) is 57.6 Å². The Balaban J connectivity index is 2.45. The molecule has 0 aliphatic carbocycles. The lowest BCUT2D eigenvalue weighted by Crippen LogP contribution is -2.03. The van der Waals surface area contributed by atoms with Crippen LogP contribution in [0.2, 0.25) is 10.0 Å². The molecule has 0 spiro atoms. The van der Waals surface area contributed by atoms with Crippen molar-refractivity contribution in [3.63, 3.8) is 0 Å². The molecule has 1 atom stereocenters. The van der Waals surface area contributed by atoms with E-state index in [1.165, 1.54) is 7.11 Å². The molecule has 0 amide bonds. The molecule has 0 radical (unpaired) electrons. The lowest BCUT2D eigenvalue weighted by Gasteiger charge is -2.17. The minimum atomic E-state index is -0.929. The van der Waals surface area contributed by atoms with Gasteiger partial charge in [-0.15, -0.1) is 0 Å². The van der Waals surface area contributed by atoms with Crippen LogP contribution in [0, 0.1) is 0 Å². The maximum atomic E-state index is 10.5. The largest absolute Gasteiger partial charge is 0.497 e. The van der Waals surface area contributed by atoms with Crippen LogP contribution in [0.4, 0.5) is 0 Å². The van der Waals surface area contributed by atoms with Crippen molar-refractivity contribution in [2.24, 2.45) is 0 Å². The Bertz CT molecular complexity index is 614. The molecule has 1 unspecified atom stereocenters. The molecule has 0 saturated carbocycles. The number of aliphatic hydroxyl groups is 1. The zero-order chi connectivity index (χ0) is 14.7. The summed E-state index contributed by atoms with van der Waals surface area (Å²) in [7, 11) is 3.09. The summed E-state index contributed by atoms with van der Waals surface area (Å²) in [5, 5.41) is 11.4. The van der Waals surface area contributed by atoms with Crippen molar-refractivity contribution < 1.29 is 14.6 Å². The smallest absolute Gasteiger partial charge is 0.125 e. The highest BCUT2D eigenvalue weighted by Gasteiger charge is 2.19. The van der Waals surface area contributed by atoms with E-state index in [2.05, 4.69) is 0 Å². The summed E-state index contributed by atoms with van der Waals surface area (Å²) >= 11 is 12.1. The molecule has 0 aromatic heterocycles. The summed E-state index contributed by atoms with van der Waals surface area (Å²) < 4.78 is 10.3. The third kappa shape index (κ3) is 3.01. The van der Waals surface area contributed by atoms with Gasteiger partial charge in [-0.1, -0.05) is 29.3 Å². The maximum absolute atomic E-state index is 10.5. The van der Waals surface area contributed by atoms with Crippen molar-refractivity contribution in [3.8, 4) is 11.5 Å². The number of rotatable bonds is 4. The summed E-state index contributed by atoms with van der Waals surface area (Å²) in [5.41, 5.74) is 1.13. The van der Waals surface area contributed by atoms with Crippen molar-refractivity contribution in [1.82, 2.24) is 0 Å². The Morgan fingerprint density at radius 2 is 1.70 bits per heavy atom. The van der Waals surface area contributed by atoms with Crippen molar-refractivity contribution in [2.45, 2.75) is 6.10 Å². The number of aliphatic hydroxyl groups excluding tert-OH is 1. The standard InChI is InChI=1S/C15H14Cl2O3/c1-19-10-4-5-11(13(17)8-10)15(18)12-7-9(16)3-6-14(12)20-2/h3-8,15,18H,1-2H3. The van der Waals surface area contributed by atoms with Gasteiger partial charge in [0.1, 0.15) is 17.6 Å². The Kier molecular flexibility index (Phi) is 4.76. The minimum absolute atomic E-state index is 0.416. The predicted molar refractivity (Wildman–Crippen MR) is 80.1 cm³/mol. The topological polar surface area (TPSA) is 38.7 Å². The van der Waals surface area contributed by atoms with Crippen LogP contribution in [-0.4, -0.2) is 19.3 Å². The lowest BCUT2D eigenvalue weighted by atomic mass is 10.0. The molecule has 1 N–H and O–H groups in total. The average molecular weight is 313 g/mol. The fourth-order valence-corrected chi connectivity index (χ4v) is 2.40. The SMILES string of the molecule is COc1ccc(C(O)c2cc(Cl)ccc2OC)c(Cl)c1. The summed E-state index contributed by atoms with van der Waals surface area (Å²) in [6, 6.07) is 10.2. The van der Waals surface area contributed by atoms with Crippen molar-refractivity contribution in [2.75, 3.05) is 14.2 Å². The zero-order valence-corrected chi connectivity index (χ0v) is 12.6. The number of methoxy groups -OCH3 is 2. The van der Waals surface area contributed by atoms with Gasteiger partial charge >= 0.3 is 0 Å². The van der Waals surface area contributed by atoms with Gasteiger partial charge in [0.05, 0.1) is 19.2 Å². The van der Waals surface area contributed by atoms with Gasteiger partial charge < -0.3 is 14.6 Å². The maximum Gasteiger partial charge on any atom is 0.125 e. The molecular formula is C15H14Cl2O3. The minimum Gasteiger partial charge on any atom is -0.497 e. The molecule has 106 valence electrons. The molecule has 0 bridgehead atoms. The molecule has 2 rings (SSSR count). The number of ether oxygens (including phenoxy) is 2. The van der Waals surface area contributed by atoms with Crippen molar-refractivity contribution >= 4 is 23.2 Å². The highest BCUT2D eigenvalue weighted by atomic mass is 35.5. The molecule has 0 aliphatic heterocycles. The van der Waals surface area contributed by atoms with Gasteiger partial charge in [-0.05, 0) is 30.3 Å². The monoisotopic (exact) mass is 312 g/mol. The summed E-state index contributed by atoms with van der Waals surface area (Å²) in [4.78, 5) is 0. The van der Waals surface area contributed by atoms with Crippen LogP contribution in [0.25, 0.3) is 0 Å². The summed E-state index contributed by atoms with van der Waals surface area (Å²) in [5.74, 6) is 1.18. The number of hydrogen-bond donors (Lipinski definition) is 1. The van der Waals surface area contributed by atoms with E-state index in [9.17, 15) is 5.11 Å². The van der Waals surface area contributed by atoms with Gasteiger partial charge in [0, 0.05) is 16.1 Å². The first kappa shape index (κ1) is 15.0. The van der Waals surface area contributed by atoms with Gasteiger partial charge in [0.25, 0.3) is 0 Å². The van der Waals surface area contributed by atoms with Crippen LogP contribution < -0.4 is 9.47 Å². The summed E-state index contributed by atoms with van der Waals surface area (Å²) in [6.07, 6.45) is -0.929. The fourth-order valence-electron chi connectivity index (χ4n) is 1.94. The van der Waals surface area contributed by atoms with E-state index in [4.69, 9.17) is 32.7 Å². The van der Waals surface area contributed by atoms with Gasteiger partial charge in [-0.3, -0.25) is 0 Å². The Labute approximate surface area is 127 Å². The molecule has 0 aliphatic rings. The first-order valence-electron chi connectivity index (χ1n) is 5.91. The Hall–Kier alpha value is -1.42. The van der Waals surface area contributed by atoms with E-state index in [-0.39, 0.29) is 0 Å². The molecule has 0 heterocycles. The van der Waals surface area contributed by atoms with Crippen LogP contribution in [-0.2, 0) is 0 Å². The van der Waals surface area contributed by atoms with E-state index in [0.717, 1.165) is 0 Å². The van der Waals surface area contributed by atoms with E-state index in [0.29, 0.717) is 32.7 Å². The average Bonchev–Trinajstić information content (AvgIpc) is 2.46. The third-order valence-electron chi connectivity index (χ3n) is 2.99. The van der Waals surface area contributed by atoms with Crippen LogP contribution in [0.3, 0.4) is 0 Å². The summed E-state index contributed by atoms with van der Waals surface area (Å²) in [6.45, 7) is 0. The second kappa shape index (κ2) is 6.35. The molecule has 2 aromatic carbocycles. The van der Waals surface area contributed by atoms with E-state index < -0.39 is 6.10 Å². The predicted octanol–water partition coefficient (Wildman–Crippen LogP) is 4.09. The van der Waals surface area contributed by atoms with E-state index in [1.807, 2.05) is 0 Å². The molecule has 0 fully saturated rings. The van der Waals surface area contributed by atoms with Crippen LogP contribution in [0.15, 0.2) is 36.4 Å². The van der Waals surface area contributed by atoms with Gasteiger partial charge in [0.15, 0.2) is 0 Å². The van der Waals surface area contributed by atoms with Gasteiger partial charge in [-0.2, -0.15) is 0 Å². The van der Waals surface area contributed by atoms with E-state index in [1.54, 1.807) is 43.5 Å². The number of hydrogen-bond acceptors (Lipinski definition) is 3. The highest BCUT2D eigenvalue weighted by Crippen LogP contribution is 2.36. The third-order valence-corrected chi connectivity index (χ3v) is 3.55. The number of halogens is 2. The van der Waals surface area contributed by atoms with Crippen LogP contribution in [0.1, 0.15) is 17.2 Å². The highest BCUT2D eigenvalue weighted by molar-refractivity contribution is 6.31. The second-order valence-electron chi connectivity index (χ2n) is 4.18. The Morgan fingerprint density at radius 1 is 0.950 bits per heavy atom. The molecule has 20 heavy (non-hydrogen) atoms. The van der Waals surface area contributed by atoms with Crippen LogP contribution in [0.5, 0.6) is 11.5 Å². The van der Waals surface area contributed by atoms with Gasteiger partial charge in [-0.25, -0.2) is 0 Å². The van der Waals surface area contributed by atoms with Gasteiger partial charge in [0.2, 0.25) is 0 Å². The first-order chi connectivity index (χ1) is 9.56. The van der Waals surface area contributed by atoms with Crippen molar-refractivity contribution in [1.29, 1.82) is 0 Å². The lowest BCUT2D eigenvalue weighted by molar-refractivity contribution is 0.214. The molecule has 5 heteroatoms. The zero-order valence-electron chi connectivity index (χ0n) is 11.1. The fraction of sp³-hybridized carbons (Fsp3) is 0.200. The second-order valence-corrected chi connectivity index (χ2v) is 5.02. The van der Waals surface area contributed by atoms with E-state index >= 15 is 0 Å². The molecule has 0 saturated heterocycles. The van der Waals surface area contributed by atoms with Crippen LogP contribution >= 0.6 is 23.2 Å². The quantitative estimate of drug-likeness (QED) is 0.924. The Morgan fingerprint density at radius 3 is 2.30 bits per heavy atom. The molecule has 2 aromatic rings. The number of benzene rings is 2. The molecule has 3 nitrogen and oxygen atoms in total. The first-order valence-corrected chi connectivity index (χ1v) is 6.67. The normalized spacial score (nSPS) is 12.1. The molecular weight excluding hydrogens is 299 g/mol.